The number of benzene rings is 1. The molecule has 1 heterocycles. The number of hydrogen-bond donors (Lipinski definition) is 3. The van der Waals surface area contributed by atoms with Gasteiger partial charge in [0.15, 0.2) is 11.6 Å². The molecule has 1 saturated heterocycles. The van der Waals surface area contributed by atoms with E-state index >= 15 is 0 Å². The van der Waals surface area contributed by atoms with Gasteiger partial charge in [0, 0.05) is 37.8 Å². The van der Waals surface area contributed by atoms with Crippen LogP contribution in [-0.4, -0.2) is 54.1 Å². The second-order valence-electron chi connectivity index (χ2n) is 5.51. The summed E-state index contributed by atoms with van der Waals surface area (Å²) >= 11 is 0. The highest BCUT2D eigenvalue weighted by Crippen LogP contribution is 2.18. The highest BCUT2D eigenvalue weighted by Gasteiger charge is 2.24. The predicted molar refractivity (Wildman–Crippen MR) is 79.6 cm³/mol. The van der Waals surface area contributed by atoms with Crippen LogP contribution >= 0.6 is 0 Å². The minimum absolute atomic E-state index is 0.0548. The van der Waals surface area contributed by atoms with E-state index in [1.165, 1.54) is 0 Å². The van der Waals surface area contributed by atoms with Crippen molar-refractivity contribution in [3.8, 4) is 0 Å². The molecule has 0 unspecified atom stereocenters. The van der Waals surface area contributed by atoms with Crippen LogP contribution in [0, 0.1) is 17.5 Å². The number of nitrogens with one attached hydrogen (secondary N) is 2. The fraction of sp³-hybridized carbons (Fsp3) is 0.467. The van der Waals surface area contributed by atoms with Crippen LogP contribution in [0.15, 0.2) is 12.1 Å². The molecule has 0 aliphatic carbocycles. The summed E-state index contributed by atoms with van der Waals surface area (Å²) in [5.74, 6) is -6.02. The van der Waals surface area contributed by atoms with Gasteiger partial charge in [-0.05, 0) is 12.8 Å². The molecule has 0 aromatic heterocycles. The van der Waals surface area contributed by atoms with Gasteiger partial charge < -0.3 is 20.6 Å². The number of piperidine rings is 1. The van der Waals surface area contributed by atoms with E-state index in [1.807, 2.05) is 10.2 Å². The molecular weight excluding hydrogens is 327 g/mol. The summed E-state index contributed by atoms with van der Waals surface area (Å²) in [6.07, 6.45) is 1.22. The first kappa shape index (κ1) is 18.2. The van der Waals surface area contributed by atoms with Gasteiger partial charge in [-0.25, -0.2) is 13.2 Å². The molecule has 3 N–H and O–H groups in total. The van der Waals surface area contributed by atoms with Crippen molar-refractivity contribution in [2.24, 2.45) is 0 Å². The van der Waals surface area contributed by atoms with Crippen LogP contribution in [0.1, 0.15) is 12.8 Å². The Labute approximate surface area is 136 Å². The maximum absolute atomic E-state index is 13.4. The number of nitrogens with zero attached hydrogens (tertiary/aromatic N) is 1. The summed E-state index contributed by atoms with van der Waals surface area (Å²) in [6.45, 7) is 1.95. The number of carbonyl (C=O) groups excluding carboxylic acids is 2. The predicted octanol–water partition coefficient (Wildman–Crippen LogP) is 0.615. The lowest BCUT2D eigenvalue weighted by Crippen LogP contribution is -2.48. The summed E-state index contributed by atoms with van der Waals surface area (Å²) in [4.78, 5) is 25.6. The third-order valence-corrected chi connectivity index (χ3v) is 3.80. The number of amides is 2. The van der Waals surface area contributed by atoms with Crippen LogP contribution in [0.25, 0.3) is 0 Å². The van der Waals surface area contributed by atoms with Crippen molar-refractivity contribution >= 4 is 17.5 Å². The lowest BCUT2D eigenvalue weighted by Gasteiger charge is -2.31. The molecule has 24 heavy (non-hydrogen) atoms. The summed E-state index contributed by atoms with van der Waals surface area (Å²) in [5.41, 5.74) is -0.605. The number of anilines is 1. The van der Waals surface area contributed by atoms with Crippen LogP contribution in [0.2, 0.25) is 0 Å². The molecule has 132 valence electrons. The lowest BCUT2D eigenvalue weighted by molar-refractivity contribution is -0.136. The largest absolute Gasteiger partial charge is 0.395 e. The highest BCUT2D eigenvalue weighted by molar-refractivity contribution is 6.39. The zero-order chi connectivity index (χ0) is 17.7. The van der Waals surface area contributed by atoms with Gasteiger partial charge in [-0.15, -0.1) is 0 Å². The van der Waals surface area contributed by atoms with Crippen LogP contribution in [0.5, 0.6) is 0 Å². The molecule has 0 bridgehead atoms. The van der Waals surface area contributed by atoms with Gasteiger partial charge in [0.05, 0.1) is 12.3 Å². The Balaban J connectivity index is 1.87. The first-order valence-corrected chi connectivity index (χ1v) is 7.50. The smallest absolute Gasteiger partial charge is 0.313 e. The summed E-state index contributed by atoms with van der Waals surface area (Å²) in [7, 11) is 0. The quantitative estimate of drug-likeness (QED) is 0.552. The number of halogens is 3. The van der Waals surface area contributed by atoms with E-state index < -0.39 is 35.0 Å². The Hall–Kier alpha value is -2.13. The van der Waals surface area contributed by atoms with E-state index in [4.69, 9.17) is 5.11 Å². The summed E-state index contributed by atoms with van der Waals surface area (Å²) in [6, 6.07) is 0.552. The number of β-amino-alcohol motifs (C(OH)–C–C–N with tert-alkyl or cyclic N) is 1. The van der Waals surface area contributed by atoms with E-state index in [2.05, 4.69) is 5.32 Å². The molecule has 6 nitrogen and oxygen atoms in total. The highest BCUT2D eigenvalue weighted by atomic mass is 19.2. The zero-order valence-corrected chi connectivity index (χ0v) is 12.8. The first-order valence-electron chi connectivity index (χ1n) is 7.50. The van der Waals surface area contributed by atoms with Gasteiger partial charge in [-0.3, -0.25) is 9.59 Å². The molecule has 2 amide bonds. The van der Waals surface area contributed by atoms with Gasteiger partial charge >= 0.3 is 11.8 Å². The Morgan fingerprint density at radius 2 is 1.71 bits per heavy atom. The minimum Gasteiger partial charge on any atom is -0.395 e. The molecule has 1 aromatic carbocycles. The second kappa shape index (κ2) is 8.11. The molecular formula is C15H18F3N3O3. The van der Waals surface area contributed by atoms with Gasteiger partial charge in [-0.2, -0.15) is 0 Å². The van der Waals surface area contributed by atoms with Crippen LogP contribution in [0.4, 0.5) is 18.9 Å². The molecule has 0 spiro atoms. The zero-order valence-electron chi connectivity index (χ0n) is 12.8. The third kappa shape index (κ3) is 4.68. The van der Waals surface area contributed by atoms with Gasteiger partial charge in [-0.1, -0.05) is 0 Å². The fourth-order valence-electron chi connectivity index (χ4n) is 2.49. The van der Waals surface area contributed by atoms with Crippen molar-refractivity contribution in [1.29, 1.82) is 0 Å². The normalized spacial score (nSPS) is 16.0. The topological polar surface area (TPSA) is 81.7 Å². The van der Waals surface area contributed by atoms with Gasteiger partial charge in [0.1, 0.15) is 5.82 Å². The van der Waals surface area contributed by atoms with E-state index in [1.54, 1.807) is 0 Å². The molecule has 0 saturated carbocycles. The van der Waals surface area contributed by atoms with Gasteiger partial charge in [0.25, 0.3) is 0 Å². The standard InChI is InChI=1S/C15H18F3N3O3/c16-10-7-12(18)13(8-11(10)17)20-15(24)14(23)19-9-1-3-21(4-2-9)5-6-22/h7-9,22H,1-6H2,(H,19,23)(H,20,24). The molecule has 2 rings (SSSR count). The fourth-order valence-corrected chi connectivity index (χ4v) is 2.49. The van der Waals surface area contributed by atoms with Crippen molar-refractivity contribution in [1.82, 2.24) is 10.2 Å². The SMILES string of the molecule is O=C(Nc1cc(F)c(F)cc1F)C(=O)NC1CCN(CCO)CC1. The number of likely N-dealkylation sites (tertiary alicyclic amines) is 1. The van der Waals surface area contributed by atoms with Crippen molar-refractivity contribution < 1.29 is 27.9 Å². The lowest BCUT2D eigenvalue weighted by atomic mass is 10.1. The number of rotatable bonds is 4. The molecule has 1 aliphatic rings. The average Bonchev–Trinajstić information content (AvgIpc) is 2.54. The van der Waals surface area contributed by atoms with Crippen molar-refractivity contribution in [3.63, 3.8) is 0 Å². The summed E-state index contributed by atoms with van der Waals surface area (Å²) < 4.78 is 39.3. The molecule has 9 heteroatoms. The van der Waals surface area contributed by atoms with Gasteiger partial charge in [0.2, 0.25) is 0 Å². The number of aliphatic hydroxyl groups excluding tert-OH is 1. The molecule has 1 fully saturated rings. The Kier molecular flexibility index (Phi) is 6.16. The molecule has 1 aromatic rings. The Bertz CT molecular complexity index is 619. The van der Waals surface area contributed by atoms with Crippen LogP contribution in [-0.2, 0) is 9.59 Å². The van der Waals surface area contributed by atoms with Crippen molar-refractivity contribution in [3.05, 3.63) is 29.6 Å². The van der Waals surface area contributed by atoms with Crippen LogP contribution < -0.4 is 10.6 Å². The molecule has 0 radical (unpaired) electrons. The van der Waals surface area contributed by atoms with E-state index in [0.717, 1.165) is 0 Å². The van der Waals surface area contributed by atoms with Crippen molar-refractivity contribution in [2.45, 2.75) is 18.9 Å². The van der Waals surface area contributed by atoms with E-state index in [0.29, 0.717) is 44.6 Å². The summed E-state index contributed by atoms with van der Waals surface area (Å²) in [5, 5.41) is 13.3. The molecule has 1 aliphatic heterocycles. The number of aliphatic hydroxyl groups is 1. The maximum Gasteiger partial charge on any atom is 0.313 e. The van der Waals surface area contributed by atoms with E-state index in [9.17, 15) is 22.8 Å². The Morgan fingerprint density at radius 3 is 2.33 bits per heavy atom. The third-order valence-electron chi connectivity index (χ3n) is 3.80. The number of carbonyl (C=O) groups is 2. The minimum atomic E-state index is -1.38. The number of hydrogen-bond acceptors (Lipinski definition) is 4. The second-order valence-corrected chi connectivity index (χ2v) is 5.51. The monoisotopic (exact) mass is 345 g/mol. The molecule has 0 atom stereocenters. The van der Waals surface area contributed by atoms with E-state index in [-0.39, 0.29) is 12.6 Å². The van der Waals surface area contributed by atoms with Crippen molar-refractivity contribution in [2.75, 3.05) is 31.6 Å². The maximum atomic E-state index is 13.4. The van der Waals surface area contributed by atoms with Crippen LogP contribution in [0.3, 0.4) is 0 Å². The Morgan fingerprint density at radius 1 is 1.08 bits per heavy atom. The average molecular weight is 345 g/mol. The first-order chi connectivity index (χ1) is 11.4.